The fourth-order valence-electron chi connectivity index (χ4n) is 4.92. The molecule has 1 unspecified atom stereocenters. The molecule has 0 heterocycles. The molecule has 0 aromatic heterocycles. The van der Waals surface area contributed by atoms with Gasteiger partial charge in [-0.05, 0) is 50.1 Å². The average Bonchev–Trinajstić information content (AvgIpc) is 3.03. The quantitative estimate of drug-likeness (QED) is 0.143. The van der Waals surface area contributed by atoms with Crippen molar-refractivity contribution in [2.24, 2.45) is 0 Å². The minimum Gasteiger partial charge on any atom is -0.454 e. The second kappa shape index (κ2) is 13.9. The summed E-state index contributed by atoms with van der Waals surface area (Å²) < 4.78 is 97.1. The molecule has 0 aliphatic rings. The second-order valence-electron chi connectivity index (χ2n) is 10.8. The molecule has 4 rings (SSSR count). The molecule has 1 atom stereocenters. The standard InChI is InChI=1S/C34H38O8S3/c1-5-24-44(37,38)33-31(43(35,36)6-2)23-22-30(32(33)45(39,40)26(3)4)34(28-18-12-8-13-19-28,42-29-20-14-9-15-21-29)41-25-27-16-10-7-11-17-27/h7-23,26H,5-6,24-25H2,1-4H3. The van der Waals surface area contributed by atoms with Crippen molar-refractivity contribution in [2.45, 2.75) is 66.4 Å². The number of ether oxygens (including phenoxy) is 2. The van der Waals surface area contributed by atoms with Gasteiger partial charge in [-0.1, -0.05) is 92.7 Å². The van der Waals surface area contributed by atoms with Gasteiger partial charge in [-0.15, -0.1) is 0 Å². The normalized spacial score (nSPS) is 13.8. The van der Waals surface area contributed by atoms with Crippen molar-refractivity contribution in [3.63, 3.8) is 0 Å². The van der Waals surface area contributed by atoms with E-state index in [2.05, 4.69) is 0 Å². The van der Waals surface area contributed by atoms with E-state index >= 15 is 0 Å². The number of benzene rings is 4. The molecule has 0 spiro atoms. The molecule has 11 heteroatoms. The van der Waals surface area contributed by atoms with Crippen LogP contribution in [0, 0.1) is 0 Å². The molecule has 0 amide bonds. The molecule has 45 heavy (non-hydrogen) atoms. The lowest BCUT2D eigenvalue weighted by atomic mass is 9.96. The van der Waals surface area contributed by atoms with E-state index in [0.717, 1.165) is 11.6 Å². The topological polar surface area (TPSA) is 121 Å². The third kappa shape index (κ3) is 7.17. The van der Waals surface area contributed by atoms with Crippen molar-refractivity contribution >= 4 is 29.5 Å². The van der Waals surface area contributed by atoms with Gasteiger partial charge >= 0.3 is 0 Å². The van der Waals surface area contributed by atoms with E-state index in [1.807, 2.05) is 30.3 Å². The number of hydrogen-bond acceptors (Lipinski definition) is 8. The summed E-state index contributed by atoms with van der Waals surface area (Å²) in [6, 6.07) is 28.9. The number of rotatable bonds is 14. The monoisotopic (exact) mass is 670 g/mol. The van der Waals surface area contributed by atoms with Crippen molar-refractivity contribution < 1.29 is 34.7 Å². The van der Waals surface area contributed by atoms with Gasteiger partial charge in [-0.3, -0.25) is 0 Å². The summed E-state index contributed by atoms with van der Waals surface area (Å²) in [6.45, 7) is 5.79. The Kier molecular flexibility index (Phi) is 10.6. The Morgan fingerprint density at radius 3 is 1.76 bits per heavy atom. The molecule has 0 saturated heterocycles. The SMILES string of the molecule is CCCS(=O)(=O)c1c(S(=O)(=O)CC)ccc(C(OCc2ccccc2)(Oc2ccccc2)c2ccccc2)c1S(=O)(=O)C(C)C. The Hall–Kier alpha value is -3.51. The Balaban J connectivity index is 2.25. The maximum Gasteiger partial charge on any atom is 0.265 e. The van der Waals surface area contributed by atoms with Crippen molar-refractivity contribution in [3.8, 4) is 5.75 Å². The van der Waals surface area contributed by atoms with E-state index in [-0.39, 0.29) is 18.6 Å². The van der Waals surface area contributed by atoms with Gasteiger partial charge in [0.1, 0.15) is 10.6 Å². The lowest BCUT2D eigenvalue weighted by Crippen LogP contribution is -2.40. The number of sulfone groups is 3. The highest BCUT2D eigenvalue weighted by molar-refractivity contribution is 7.96. The predicted molar refractivity (Wildman–Crippen MR) is 174 cm³/mol. The zero-order valence-electron chi connectivity index (χ0n) is 25.7. The summed E-state index contributed by atoms with van der Waals surface area (Å²) in [6.07, 6.45) is 0.133. The molecular formula is C34H38O8S3. The van der Waals surface area contributed by atoms with E-state index in [4.69, 9.17) is 9.47 Å². The van der Waals surface area contributed by atoms with Crippen LogP contribution in [-0.4, -0.2) is 42.0 Å². The maximum absolute atomic E-state index is 14.4. The van der Waals surface area contributed by atoms with Crippen molar-refractivity contribution in [1.82, 2.24) is 0 Å². The highest BCUT2D eigenvalue weighted by Gasteiger charge is 2.47. The van der Waals surface area contributed by atoms with Gasteiger partial charge in [-0.2, -0.15) is 0 Å². The van der Waals surface area contributed by atoms with Gasteiger partial charge in [0.25, 0.3) is 5.79 Å². The van der Waals surface area contributed by atoms with E-state index in [9.17, 15) is 25.3 Å². The van der Waals surface area contributed by atoms with E-state index in [1.54, 1.807) is 67.6 Å². The van der Waals surface area contributed by atoms with Gasteiger partial charge in [0.15, 0.2) is 29.5 Å². The Labute approximate surface area is 266 Å². The zero-order valence-corrected chi connectivity index (χ0v) is 28.2. The number of para-hydroxylation sites is 1. The smallest absolute Gasteiger partial charge is 0.265 e. The first kappa shape index (κ1) is 34.4. The summed E-state index contributed by atoms with van der Waals surface area (Å²) in [5.41, 5.74) is 0.966. The van der Waals surface area contributed by atoms with Crippen LogP contribution in [-0.2, 0) is 46.6 Å². The third-order valence-electron chi connectivity index (χ3n) is 7.28. The largest absolute Gasteiger partial charge is 0.454 e. The average molecular weight is 671 g/mol. The molecular weight excluding hydrogens is 633 g/mol. The molecule has 0 radical (unpaired) electrons. The van der Waals surface area contributed by atoms with Gasteiger partial charge in [0.05, 0.1) is 33.2 Å². The minimum absolute atomic E-state index is 0.0597. The predicted octanol–water partition coefficient (Wildman–Crippen LogP) is 6.34. The summed E-state index contributed by atoms with van der Waals surface area (Å²) >= 11 is 0. The zero-order chi connectivity index (χ0) is 32.9. The third-order valence-corrected chi connectivity index (χ3v) is 13.5. The van der Waals surface area contributed by atoms with Crippen LogP contribution in [0.4, 0.5) is 0 Å². The molecule has 8 nitrogen and oxygen atoms in total. The van der Waals surface area contributed by atoms with Gasteiger partial charge < -0.3 is 9.47 Å². The van der Waals surface area contributed by atoms with Gasteiger partial charge in [0, 0.05) is 11.1 Å². The van der Waals surface area contributed by atoms with Crippen LogP contribution in [0.1, 0.15) is 50.8 Å². The van der Waals surface area contributed by atoms with Gasteiger partial charge in [-0.25, -0.2) is 25.3 Å². The van der Waals surface area contributed by atoms with Crippen LogP contribution in [0.25, 0.3) is 0 Å². The molecule has 4 aromatic rings. The molecule has 0 aliphatic heterocycles. The molecule has 0 N–H and O–H groups in total. The Morgan fingerprint density at radius 1 is 0.667 bits per heavy atom. The lowest BCUT2D eigenvalue weighted by Gasteiger charge is -2.37. The van der Waals surface area contributed by atoms with Crippen molar-refractivity contribution in [1.29, 1.82) is 0 Å². The summed E-state index contributed by atoms with van der Waals surface area (Å²) in [5.74, 6) is -2.63. The van der Waals surface area contributed by atoms with Crippen LogP contribution >= 0.6 is 0 Å². The molecule has 240 valence electrons. The number of hydrogen-bond donors (Lipinski definition) is 0. The lowest BCUT2D eigenvalue weighted by molar-refractivity contribution is -0.170. The Bertz CT molecular complexity index is 1920. The molecule has 0 bridgehead atoms. The first-order valence-electron chi connectivity index (χ1n) is 14.6. The minimum atomic E-state index is -4.50. The maximum atomic E-state index is 14.4. The fourth-order valence-corrected chi connectivity index (χ4v) is 10.3. The van der Waals surface area contributed by atoms with Crippen LogP contribution in [0.3, 0.4) is 0 Å². The van der Waals surface area contributed by atoms with Gasteiger partial charge in [0.2, 0.25) is 0 Å². The van der Waals surface area contributed by atoms with Crippen LogP contribution in [0.5, 0.6) is 5.75 Å². The van der Waals surface area contributed by atoms with Crippen molar-refractivity contribution in [3.05, 3.63) is 120 Å². The second-order valence-corrected chi connectivity index (χ2v) is 17.5. The molecule has 0 fully saturated rings. The molecule has 4 aromatic carbocycles. The van der Waals surface area contributed by atoms with E-state index in [0.29, 0.717) is 11.3 Å². The fraction of sp³-hybridized carbons (Fsp3) is 0.294. The first-order valence-corrected chi connectivity index (χ1v) is 19.5. The molecule has 0 aliphatic carbocycles. The van der Waals surface area contributed by atoms with Crippen LogP contribution in [0.2, 0.25) is 0 Å². The molecule has 0 saturated carbocycles. The summed E-state index contributed by atoms with van der Waals surface area (Å²) in [4.78, 5) is -1.96. The van der Waals surface area contributed by atoms with Crippen LogP contribution < -0.4 is 4.74 Å². The van der Waals surface area contributed by atoms with Crippen molar-refractivity contribution in [2.75, 3.05) is 11.5 Å². The van der Waals surface area contributed by atoms with E-state index < -0.39 is 66.7 Å². The summed E-state index contributed by atoms with van der Waals surface area (Å²) in [5, 5.41) is -1.12. The Morgan fingerprint density at radius 2 is 1.22 bits per heavy atom. The highest BCUT2D eigenvalue weighted by atomic mass is 32.2. The first-order chi connectivity index (χ1) is 21.3. The van der Waals surface area contributed by atoms with E-state index in [1.165, 1.54) is 26.8 Å². The highest BCUT2D eigenvalue weighted by Crippen LogP contribution is 2.45. The van der Waals surface area contributed by atoms with Crippen LogP contribution in [0.15, 0.2) is 118 Å². The summed E-state index contributed by atoms with van der Waals surface area (Å²) in [7, 11) is -13.2.